The molecule has 12 nitrogen and oxygen atoms in total. The highest BCUT2D eigenvalue weighted by molar-refractivity contribution is 8.14. The number of likely N-dealkylation sites (tertiary alicyclic amines) is 1. The van der Waals surface area contributed by atoms with Crippen LogP contribution in [0.2, 0.25) is 0 Å². The summed E-state index contributed by atoms with van der Waals surface area (Å²) >= 11 is 3.54. The van der Waals surface area contributed by atoms with E-state index in [4.69, 9.17) is 9.05 Å². The Kier molecular flexibility index (Phi) is 15.9. The van der Waals surface area contributed by atoms with Crippen LogP contribution in [-0.4, -0.2) is 93.7 Å². The van der Waals surface area contributed by atoms with Crippen LogP contribution in [0.15, 0.2) is 54.6 Å². The van der Waals surface area contributed by atoms with Crippen molar-refractivity contribution in [3.63, 3.8) is 0 Å². The first-order valence-corrected chi connectivity index (χ1v) is 26.0. The Balaban J connectivity index is 1.12. The molecule has 5 atom stereocenters. The largest absolute Gasteiger partial charge is 0.340 e. The van der Waals surface area contributed by atoms with E-state index >= 15 is 0 Å². The molecular formula is C46H59N4O8PS3. The Hall–Kier alpha value is -3.51. The zero-order valence-electron chi connectivity index (χ0n) is 36.6. The van der Waals surface area contributed by atoms with Crippen LogP contribution in [0.1, 0.15) is 107 Å². The topological polar surface area (TPSA) is 163 Å². The molecular weight excluding hydrogens is 864 g/mol. The zero-order chi connectivity index (χ0) is 44.8. The number of hydrogen-bond acceptors (Lipinski definition) is 12. The first kappa shape index (κ1) is 48.0. The lowest BCUT2D eigenvalue weighted by Crippen LogP contribution is -2.56. The second-order valence-electron chi connectivity index (χ2n) is 18.5. The fraction of sp³-hybridized carbons (Fsp3) is 0.565. The number of carbonyl (C=O) groups excluding carboxylic acids is 5. The molecule has 0 aliphatic carbocycles. The predicted molar refractivity (Wildman–Crippen MR) is 247 cm³/mol. The Morgan fingerprint density at radius 1 is 0.871 bits per heavy atom. The van der Waals surface area contributed by atoms with Crippen molar-refractivity contribution in [2.75, 3.05) is 37.8 Å². The summed E-state index contributed by atoms with van der Waals surface area (Å²) in [4.78, 5) is 71.3. The molecule has 3 aromatic rings. The van der Waals surface area contributed by atoms with Gasteiger partial charge in [0, 0.05) is 52.1 Å². The van der Waals surface area contributed by atoms with Gasteiger partial charge in [-0.15, -0.1) is 11.3 Å². The number of nitrogens with one attached hydrogen (secondary N) is 1. The zero-order valence-corrected chi connectivity index (χ0v) is 39.9. The highest BCUT2D eigenvalue weighted by Gasteiger charge is 2.47. The first-order chi connectivity index (χ1) is 29.4. The summed E-state index contributed by atoms with van der Waals surface area (Å²) in [5.41, 5.74) is 0.646. The van der Waals surface area contributed by atoms with E-state index < -0.39 is 30.5 Å². The van der Waals surface area contributed by atoms with Crippen molar-refractivity contribution in [3.8, 4) is 6.07 Å². The lowest BCUT2D eigenvalue weighted by atomic mass is 9.90. The van der Waals surface area contributed by atoms with E-state index in [9.17, 15) is 33.8 Å². The maximum atomic E-state index is 14.4. The van der Waals surface area contributed by atoms with Gasteiger partial charge in [-0.05, 0) is 60.4 Å². The van der Waals surface area contributed by atoms with E-state index in [-0.39, 0.29) is 65.2 Å². The molecule has 0 saturated carbocycles. The molecule has 62 heavy (non-hydrogen) atoms. The van der Waals surface area contributed by atoms with Crippen LogP contribution < -0.4 is 5.32 Å². The van der Waals surface area contributed by atoms with E-state index in [1.165, 1.54) is 11.3 Å². The summed E-state index contributed by atoms with van der Waals surface area (Å²) in [6.07, 6.45) is 4.12. The maximum absolute atomic E-state index is 14.4. The van der Waals surface area contributed by atoms with Crippen LogP contribution in [0, 0.1) is 28.1 Å². The van der Waals surface area contributed by atoms with Crippen LogP contribution in [0.5, 0.6) is 0 Å². The number of nitriles is 1. The van der Waals surface area contributed by atoms with Crippen LogP contribution >= 0.6 is 42.5 Å². The molecule has 3 saturated heterocycles. The van der Waals surface area contributed by atoms with E-state index in [1.54, 1.807) is 15.9 Å². The molecule has 3 amide bonds. The number of benzene rings is 2. The Bertz CT molecular complexity index is 2180. The van der Waals surface area contributed by atoms with Gasteiger partial charge in [0.25, 0.3) is 5.91 Å². The molecule has 1 aromatic heterocycles. The molecule has 0 spiro atoms. The molecule has 16 heteroatoms. The van der Waals surface area contributed by atoms with Crippen molar-refractivity contribution < 1.29 is 37.6 Å². The minimum absolute atomic E-state index is 0.000592. The van der Waals surface area contributed by atoms with Gasteiger partial charge in [0.15, 0.2) is 10.2 Å². The third kappa shape index (κ3) is 12.0. The number of amides is 3. The smallest absolute Gasteiger partial charge is 0.335 e. The van der Waals surface area contributed by atoms with Gasteiger partial charge in [-0.25, -0.2) is 0 Å². The van der Waals surface area contributed by atoms with Crippen molar-refractivity contribution in [1.82, 2.24) is 15.1 Å². The number of rotatable bonds is 14. The molecule has 0 bridgehead atoms. The lowest BCUT2D eigenvalue weighted by Gasteiger charge is -2.36. The van der Waals surface area contributed by atoms with Gasteiger partial charge in [0.1, 0.15) is 12.1 Å². The van der Waals surface area contributed by atoms with E-state index in [2.05, 4.69) is 11.4 Å². The normalized spacial score (nSPS) is 22.2. The summed E-state index contributed by atoms with van der Waals surface area (Å²) in [6.45, 7) is 11.8. The third-order valence-corrected chi connectivity index (χ3v) is 17.1. The van der Waals surface area contributed by atoms with Crippen molar-refractivity contribution in [3.05, 3.63) is 70.6 Å². The second-order valence-corrected chi connectivity index (χ2v) is 23.8. The number of hydrogen-bond donors (Lipinski definition) is 1. The molecule has 334 valence electrons. The van der Waals surface area contributed by atoms with Gasteiger partial charge in [-0.2, -0.15) is 5.26 Å². The number of carbonyl (C=O) groups is 5. The number of thioether (sulfide) groups is 2. The lowest BCUT2D eigenvalue weighted by molar-refractivity contribution is -0.146. The van der Waals surface area contributed by atoms with E-state index in [0.29, 0.717) is 54.3 Å². The van der Waals surface area contributed by atoms with Gasteiger partial charge in [-0.3, -0.25) is 28.5 Å². The quantitative estimate of drug-likeness (QED) is 0.121. The third-order valence-electron chi connectivity index (χ3n) is 11.6. The van der Waals surface area contributed by atoms with Crippen molar-refractivity contribution in [2.45, 2.75) is 110 Å². The van der Waals surface area contributed by atoms with Gasteiger partial charge in [-0.1, -0.05) is 114 Å². The summed E-state index contributed by atoms with van der Waals surface area (Å²) in [5.74, 6) is -0.573. The van der Waals surface area contributed by atoms with Crippen LogP contribution in [0.3, 0.4) is 0 Å². The molecule has 1 unspecified atom stereocenters. The van der Waals surface area contributed by atoms with Crippen LogP contribution in [-0.2, 0) is 39.0 Å². The molecule has 1 N–H and O–H groups in total. The molecule has 4 heterocycles. The fourth-order valence-electron chi connectivity index (χ4n) is 8.21. The minimum atomic E-state index is -3.73. The van der Waals surface area contributed by atoms with E-state index in [0.717, 1.165) is 58.4 Å². The van der Waals surface area contributed by atoms with Crippen molar-refractivity contribution in [2.24, 2.45) is 16.7 Å². The maximum Gasteiger partial charge on any atom is 0.335 e. The van der Waals surface area contributed by atoms with E-state index in [1.807, 2.05) is 90.1 Å². The average molecular weight is 923 g/mol. The predicted octanol–water partition coefficient (Wildman–Crippen LogP) is 9.04. The minimum Gasteiger partial charge on any atom is -0.340 e. The highest BCUT2D eigenvalue weighted by Crippen LogP contribution is 2.52. The number of thiophene rings is 1. The molecule has 0 radical (unpaired) electrons. The first-order valence-electron chi connectivity index (χ1n) is 21.5. The van der Waals surface area contributed by atoms with Gasteiger partial charge in [0.2, 0.25) is 11.8 Å². The SMILES string of the molecule is CC(C)(C)C(=O)SCCOP(=O)(Cc1ccc2sc(C(=O)NC3CCCC[C@H]4CC[C@@H](C(=O)N5C[C@@H](C#N)[C@H](c6ccccc6)C5)N4C3=O)cc2c1)OCCSC(=O)C(C)(C)C. The molecule has 3 aliphatic rings. The van der Waals surface area contributed by atoms with Crippen LogP contribution in [0.4, 0.5) is 0 Å². The summed E-state index contributed by atoms with van der Waals surface area (Å²) in [7, 11) is -3.73. The number of fused-ring (bicyclic) bond motifs is 2. The van der Waals surface area contributed by atoms with Gasteiger partial charge < -0.3 is 24.2 Å². The Labute approximate surface area is 378 Å². The average Bonchev–Trinajstić information content (AvgIpc) is 3.97. The summed E-state index contributed by atoms with van der Waals surface area (Å²) < 4.78 is 26.8. The van der Waals surface area contributed by atoms with Gasteiger partial charge >= 0.3 is 7.60 Å². The summed E-state index contributed by atoms with van der Waals surface area (Å²) in [6, 6.07) is 18.0. The molecule has 3 fully saturated rings. The second kappa shape index (κ2) is 20.5. The Morgan fingerprint density at radius 2 is 1.52 bits per heavy atom. The summed E-state index contributed by atoms with van der Waals surface area (Å²) in [5, 5.41) is 13.8. The molecule has 3 aliphatic heterocycles. The van der Waals surface area contributed by atoms with Crippen molar-refractivity contribution >= 4 is 80.5 Å². The van der Waals surface area contributed by atoms with Crippen LogP contribution in [0.25, 0.3) is 10.1 Å². The van der Waals surface area contributed by atoms with Gasteiger partial charge in [0.05, 0.1) is 36.2 Å². The van der Waals surface area contributed by atoms with Crippen molar-refractivity contribution in [1.29, 1.82) is 5.26 Å². The molecule has 6 rings (SSSR count). The standard InChI is InChI=1S/C46H59N4O8PS3/c1-45(2,3)43(54)60-22-20-57-59(56,58-21-23-61-44(55)46(4,5)6)29-30-16-19-38-32(24-30)25-39(62-38)40(51)48-36-15-11-10-14-34-17-18-37(50(34)41(36)52)42(53)49-27-33(26-47)35(28-49)31-12-8-7-9-13-31/h7-9,12-13,16,19,24-25,33-37H,10-11,14-15,17-18,20-23,27-29H2,1-6H3,(H,48,51)/t33-,34+,35+,36?,37+/m1/s1. The monoisotopic (exact) mass is 922 g/mol. The Morgan fingerprint density at radius 3 is 2.15 bits per heavy atom. The fourth-order valence-corrected chi connectivity index (χ4v) is 12.6. The highest BCUT2D eigenvalue weighted by atomic mass is 32.2. The number of nitrogens with zero attached hydrogens (tertiary/aromatic N) is 3. The molecule has 2 aromatic carbocycles.